The number of likely N-dealkylation sites (N-methyl/N-ethyl adjacent to an activating group) is 1. The fourth-order valence-electron chi connectivity index (χ4n) is 2.01. The smallest absolute Gasteiger partial charge is 0.382 e. The number of benzene rings is 1. The molecule has 1 unspecified atom stereocenters. The lowest BCUT2D eigenvalue weighted by Gasteiger charge is -2.18. The van der Waals surface area contributed by atoms with Gasteiger partial charge in [0.15, 0.2) is 0 Å². The number of methoxy groups -OCH3 is 1. The molecule has 1 aromatic rings. The zero-order valence-corrected chi connectivity index (χ0v) is 12.4. The summed E-state index contributed by atoms with van der Waals surface area (Å²) in [6.45, 7) is 4.10. The molecule has 0 aliphatic carbocycles. The number of nitrogens with one attached hydrogen (secondary N) is 1. The van der Waals surface area contributed by atoms with Crippen LogP contribution in [-0.2, 0) is 22.1 Å². The molecular weight excluding hydrogens is 283 g/mol. The van der Waals surface area contributed by atoms with Crippen LogP contribution in [0.15, 0.2) is 24.3 Å². The largest absolute Gasteiger partial charge is 0.416 e. The first-order chi connectivity index (χ1) is 9.97. The topological polar surface area (TPSA) is 30.5 Å². The van der Waals surface area contributed by atoms with Gasteiger partial charge < -0.3 is 14.8 Å². The molecule has 0 heterocycles. The van der Waals surface area contributed by atoms with Crippen LogP contribution in [0.5, 0.6) is 0 Å². The van der Waals surface area contributed by atoms with Gasteiger partial charge in [-0.25, -0.2) is 0 Å². The van der Waals surface area contributed by atoms with E-state index in [1.165, 1.54) is 12.1 Å². The fourth-order valence-corrected chi connectivity index (χ4v) is 2.01. The van der Waals surface area contributed by atoms with E-state index in [0.29, 0.717) is 31.8 Å². The van der Waals surface area contributed by atoms with Crippen molar-refractivity contribution in [2.24, 2.45) is 0 Å². The molecule has 0 saturated carbocycles. The van der Waals surface area contributed by atoms with Gasteiger partial charge in [0.05, 0.1) is 25.4 Å². The SMILES string of the molecule is CCNC(COCCOC)Cc1cccc(C(F)(F)F)c1. The summed E-state index contributed by atoms with van der Waals surface area (Å²) in [6, 6.07) is 5.40. The number of ether oxygens (including phenoxy) is 2. The Bertz CT molecular complexity index is 410. The highest BCUT2D eigenvalue weighted by Crippen LogP contribution is 2.29. The average molecular weight is 305 g/mol. The van der Waals surface area contributed by atoms with Crippen molar-refractivity contribution in [1.29, 1.82) is 0 Å². The summed E-state index contributed by atoms with van der Waals surface area (Å²) in [6.07, 6.45) is -3.82. The lowest BCUT2D eigenvalue weighted by molar-refractivity contribution is -0.137. The molecule has 1 atom stereocenters. The first kappa shape index (κ1) is 17.9. The van der Waals surface area contributed by atoms with Crippen molar-refractivity contribution in [2.45, 2.75) is 25.6 Å². The Morgan fingerprint density at radius 1 is 1.24 bits per heavy atom. The molecule has 0 spiro atoms. The van der Waals surface area contributed by atoms with Crippen LogP contribution >= 0.6 is 0 Å². The molecule has 0 aliphatic rings. The third-order valence-corrected chi connectivity index (χ3v) is 2.98. The third kappa shape index (κ3) is 6.93. The fraction of sp³-hybridized carbons (Fsp3) is 0.600. The van der Waals surface area contributed by atoms with Crippen LogP contribution in [0.25, 0.3) is 0 Å². The van der Waals surface area contributed by atoms with Gasteiger partial charge in [-0.3, -0.25) is 0 Å². The lowest BCUT2D eigenvalue weighted by Crippen LogP contribution is -2.35. The first-order valence-electron chi connectivity index (χ1n) is 6.93. The standard InChI is InChI=1S/C15H22F3NO2/c1-3-19-14(11-21-8-7-20-2)10-12-5-4-6-13(9-12)15(16,17)18/h4-6,9,14,19H,3,7-8,10-11H2,1-2H3. The average Bonchev–Trinajstić information content (AvgIpc) is 2.43. The van der Waals surface area contributed by atoms with Gasteiger partial charge in [-0.2, -0.15) is 13.2 Å². The Morgan fingerprint density at radius 2 is 2.00 bits per heavy atom. The van der Waals surface area contributed by atoms with E-state index in [4.69, 9.17) is 9.47 Å². The third-order valence-electron chi connectivity index (χ3n) is 2.98. The van der Waals surface area contributed by atoms with Gasteiger partial charge in [-0.15, -0.1) is 0 Å². The Hall–Kier alpha value is -1.11. The van der Waals surface area contributed by atoms with Gasteiger partial charge in [0.1, 0.15) is 0 Å². The quantitative estimate of drug-likeness (QED) is 0.712. The van der Waals surface area contributed by atoms with Gasteiger partial charge in [0.2, 0.25) is 0 Å². The molecule has 0 amide bonds. The van der Waals surface area contributed by atoms with Crippen molar-refractivity contribution in [1.82, 2.24) is 5.32 Å². The van der Waals surface area contributed by atoms with Crippen molar-refractivity contribution in [3.63, 3.8) is 0 Å². The van der Waals surface area contributed by atoms with Crippen molar-refractivity contribution in [2.75, 3.05) is 33.5 Å². The van der Waals surface area contributed by atoms with Gasteiger partial charge in [0.25, 0.3) is 0 Å². The van der Waals surface area contributed by atoms with Crippen molar-refractivity contribution in [3.8, 4) is 0 Å². The van der Waals surface area contributed by atoms with Gasteiger partial charge in [-0.05, 0) is 24.6 Å². The highest BCUT2D eigenvalue weighted by Gasteiger charge is 2.30. The molecular formula is C15H22F3NO2. The Morgan fingerprint density at radius 3 is 2.62 bits per heavy atom. The number of hydrogen-bond acceptors (Lipinski definition) is 3. The summed E-state index contributed by atoms with van der Waals surface area (Å²) in [5, 5.41) is 3.22. The van der Waals surface area contributed by atoms with E-state index in [1.54, 1.807) is 13.2 Å². The van der Waals surface area contributed by atoms with E-state index in [0.717, 1.165) is 12.6 Å². The molecule has 1 aromatic carbocycles. The maximum absolute atomic E-state index is 12.7. The minimum absolute atomic E-state index is 0.0182. The van der Waals surface area contributed by atoms with E-state index < -0.39 is 11.7 Å². The van der Waals surface area contributed by atoms with Crippen LogP contribution in [0.1, 0.15) is 18.1 Å². The Labute approximate surface area is 123 Å². The lowest BCUT2D eigenvalue weighted by atomic mass is 10.0. The minimum Gasteiger partial charge on any atom is -0.382 e. The zero-order valence-electron chi connectivity index (χ0n) is 12.4. The van der Waals surface area contributed by atoms with E-state index in [9.17, 15) is 13.2 Å². The summed E-state index contributed by atoms with van der Waals surface area (Å²) in [5.74, 6) is 0. The molecule has 6 heteroatoms. The van der Waals surface area contributed by atoms with Gasteiger partial charge in [0, 0.05) is 13.2 Å². The molecule has 120 valence electrons. The first-order valence-corrected chi connectivity index (χ1v) is 6.93. The van der Waals surface area contributed by atoms with Gasteiger partial charge in [-0.1, -0.05) is 25.1 Å². The molecule has 0 aromatic heterocycles. The summed E-state index contributed by atoms with van der Waals surface area (Å²) in [7, 11) is 1.59. The highest BCUT2D eigenvalue weighted by atomic mass is 19.4. The molecule has 0 bridgehead atoms. The summed E-state index contributed by atoms with van der Waals surface area (Å²) in [4.78, 5) is 0. The molecule has 3 nitrogen and oxygen atoms in total. The monoisotopic (exact) mass is 305 g/mol. The van der Waals surface area contributed by atoms with E-state index in [1.807, 2.05) is 6.92 Å². The summed E-state index contributed by atoms with van der Waals surface area (Å²) < 4.78 is 48.4. The highest BCUT2D eigenvalue weighted by molar-refractivity contribution is 5.26. The van der Waals surface area contributed by atoms with Crippen LogP contribution in [-0.4, -0.2) is 39.5 Å². The number of halogens is 3. The van der Waals surface area contributed by atoms with Crippen LogP contribution in [0, 0.1) is 0 Å². The number of hydrogen-bond donors (Lipinski definition) is 1. The predicted octanol–water partition coefficient (Wildman–Crippen LogP) is 2.89. The minimum atomic E-state index is -4.31. The Kier molecular flexibility index (Phi) is 7.71. The molecule has 0 radical (unpaired) electrons. The van der Waals surface area contributed by atoms with Crippen LogP contribution < -0.4 is 5.32 Å². The molecule has 0 fully saturated rings. The van der Waals surface area contributed by atoms with Crippen LogP contribution in [0.3, 0.4) is 0 Å². The maximum Gasteiger partial charge on any atom is 0.416 e. The van der Waals surface area contributed by atoms with Crippen LogP contribution in [0.2, 0.25) is 0 Å². The molecule has 1 N–H and O–H groups in total. The molecule has 0 saturated heterocycles. The number of rotatable bonds is 9. The van der Waals surface area contributed by atoms with Crippen molar-refractivity contribution >= 4 is 0 Å². The second-order valence-corrected chi connectivity index (χ2v) is 4.72. The van der Waals surface area contributed by atoms with E-state index in [2.05, 4.69) is 5.32 Å². The van der Waals surface area contributed by atoms with Crippen molar-refractivity contribution < 1.29 is 22.6 Å². The second kappa shape index (κ2) is 9.02. The van der Waals surface area contributed by atoms with Gasteiger partial charge >= 0.3 is 6.18 Å². The molecule has 1 rings (SSSR count). The van der Waals surface area contributed by atoms with Crippen LogP contribution in [0.4, 0.5) is 13.2 Å². The summed E-state index contributed by atoms with van der Waals surface area (Å²) in [5.41, 5.74) is 0.0293. The maximum atomic E-state index is 12.7. The number of alkyl halides is 3. The summed E-state index contributed by atoms with van der Waals surface area (Å²) >= 11 is 0. The normalized spacial score (nSPS) is 13.4. The Balaban J connectivity index is 2.61. The second-order valence-electron chi connectivity index (χ2n) is 4.72. The molecule has 0 aliphatic heterocycles. The van der Waals surface area contributed by atoms with E-state index in [-0.39, 0.29) is 6.04 Å². The predicted molar refractivity (Wildman–Crippen MR) is 75.3 cm³/mol. The molecule has 21 heavy (non-hydrogen) atoms. The van der Waals surface area contributed by atoms with E-state index >= 15 is 0 Å². The van der Waals surface area contributed by atoms with Crippen molar-refractivity contribution in [3.05, 3.63) is 35.4 Å². The zero-order chi connectivity index (χ0) is 15.7.